The Hall–Kier alpha value is -2.35. The van der Waals surface area contributed by atoms with Gasteiger partial charge in [-0.2, -0.15) is 0 Å². The summed E-state index contributed by atoms with van der Waals surface area (Å²) in [6, 6.07) is 12.8. The first kappa shape index (κ1) is 23.3. The fourth-order valence-electron chi connectivity index (χ4n) is 3.10. The molecule has 0 saturated carbocycles. The number of nitrogens with one attached hydrogen (secondary N) is 1. The summed E-state index contributed by atoms with van der Waals surface area (Å²) >= 11 is 10.7. The van der Waals surface area contributed by atoms with E-state index in [0.29, 0.717) is 21.3 Å². The van der Waals surface area contributed by atoms with Crippen molar-refractivity contribution in [2.24, 2.45) is 0 Å². The number of methoxy groups -OCH3 is 1. The van der Waals surface area contributed by atoms with Crippen molar-refractivity contribution in [3.05, 3.63) is 68.0 Å². The predicted octanol–water partition coefficient (Wildman–Crippen LogP) is 6.64. The number of hydrogen-bond donors (Lipinski definition) is 1. The largest absolute Gasteiger partial charge is 0.481 e. The molecule has 8 heteroatoms. The van der Waals surface area contributed by atoms with Gasteiger partial charge in [0.25, 0.3) is 5.91 Å². The molecule has 0 saturated heterocycles. The molecule has 0 radical (unpaired) electrons. The minimum absolute atomic E-state index is 0.329. The average molecular weight is 523 g/mol. The Morgan fingerprint density at radius 1 is 1.13 bits per heavy atom. The van der Waals surface area contributed by atoms with Crippen molar-refractivity contribution < 1.29 is 19.1 Å². The van der Waals surface area contributed by atoms with Gasteiger partial charge in [-0.15, -0.1) is 11.3 Å². The first-order chi connectivity index (χ1) is 14.7. The van der Waals surface area contributed by atoms with Gasteiger partial charge in [-0.1, -0.05) is 39.7 Å². The molecule has 0 aliphatic carbocycles. The number of esters is 1. The molecule has 0 fully saturated rings. The van der Waals surface area contributed by atoms with Crippen LogP contribution in [-0.4, -0.2) is 25.1 Å². The summed E-state index contributed by atoms with van der Waals surface area (Å²) in [4.78, 5) is 26.3. The highest BCUT2D eigenvalue weighted by molar-refractivity contribution is 9.10. The number of anilines is 1. The summed E-state index contributed by atoms with van der Waals surface area (Å²) in [6.07, 6.45) is -0.788. The van der Waals surface area contributed by atoms with E-state index in [1.165, 1.54) is 18.4 Å². The van der Waals surface area contributed by atoms with E-state index in [-0.39, 0.29) is 5.91 Å². The molecule has 1 N–H and O–H groups in total. The van der Waals surface area contributed by atoms with E-state index in [9.17, 15) is 9.59 Å². The summed E-state index contributed by atoms with van der Waals surface area (Å²) in [6.45, 7) is 5.41. The fourth-order valence-corrected chi connectivity index (χ4v) is 4.65. The van der Waals surface area contributed by atoms with Gasteiger partial charge in [-0.05, 0) is 62.2 Å². The summed E-state index contributed by atoms with van der Waals surface area (Å²) in [5, 5.41) is 3.86. The van der Waals surface area contributed by atoms with Crippen LogP contribution >= 0.6 is 38.9 Å². The number of halogens is 2. The minimum atomic E-state index is -0.788. The smallest absolute Gasteiger partial charge is 0.341 e. The van der Waals surface area contributed by atoms with Crippen molar-refractivity contribution in [1.82, 2.24) is 0 Å². The van der Waals surface area contributed by atoms with Gasteiger partial charge in [-0.3, -0.25) is 4.79 Å². The molecule has 1 heterocycles. The maximum absolute atomic E-state index is 12.8. The quantitative estimate of drug-likeness (QED) is 0.369. The first-order valence-electron chi connectivity index (χ1n) is 9.42. The molecule has 1 atom stereocenters. The van der Waals surface area contributed by atoms with E-state index in [2.05, 4.69) is 21.2 Å². The lowest BCUT2D eigenvalue weighted by molar-refractivity contribution is -0.122. The van der Waals surface area contributed by atoms with E-state index in [1.54, 1.807) is 25.1 Å². The van der Waals surface area contributed by atoms with Crippen LogP contribution in [0.3, 0.4) is 0 Å². The number of benzene rings is 2. The van der Waals surface area contributed by atoms with Gasteiger partial charge in [-0.25, -0.2) is 4.79 Å². The zero-order valence-corrected chi connectivity index (χ0v) is 20.6. The number of rotatable bonds is 6. The van der Waals surface area contributed by atoms with Crippen molar-refractivity contribution in [2.45, 2.75) is 26.9 Å². The molecule has 1 aromatic heterocycles. The molecule has 1 amide bonds. The molecule has 0 aliphatic heterocycles. The zero-order valence-electron chi connectivity index (χ0n) is 17.4. The molecule has 2 aromatic carbocycles. The SMILES string of the molecule is COC(=O)c1c(NC(=O)C(C)Oc2ccc(Cl)cc2C)sc(C)c1-c1ccc(Br)cc1. The molecule has 0 aliphatic rings. The number of hydrogen-bond acceptors (Lipinski definition) is 5. The highest BCUT2D eigenvalue weighted by Gasteiger charge is 2.27. The summed E-state index contributed by atoms with van der Waals surface area (Å²) < 4.78 is 11.7. The molecule has 3 aromatic rings. The van der Waals surface area contributed by atoms with Gasteiger partial charge in [0.15, 0.2) is 6.10 Å². The summed E-state index contributed by atoms with van der Waals surface area (Å²) in [7, 11) is 1.32. The van der Waals surface area contributed by atoms with Gasteiger partial charge in [0.05, 0.1) is 7.11 Å². The van der Waals surface area contributed by atoms with E-state index < -0.39 is 12.1 Å². The van der Waals surface area contributed by atoms with E-state index in [1.807, 2.05) is 38.1 Å². The Morgan fingerprint density at radius 3 is 2.42 bits per heavy atom. The van der Waals surface area contributed by atoms with Crippen molar-refractivity contribution in [3.8, 4) is 16.9 Å². The third kappa shape index (κ3) is 5.29. The second kappa shape index (κ2) is 9.85. The highest BCUT2D eigenvalue weighted by Crippen LogP contribution is 2.40. The Bertz CT molecular complexity index is 1130. The molecule has 31 heavy (non-hydrogen) atoms. The van der Waals surface area contributed by atoms with Crippen molar-refractivity contribution in [2.75, 3.05) is 12.4 Å². The van der Waals surface area contributed by atoms with Crippen LogP contribution in [0.25, 0.3) is 11.1 Å². The maximum Gasteiger partial charge on any atom is 0.341 e. The Morgan fingerprint density at radius 2 is 1.81 bits per heavy atom. The van der Waals surface area contributed by atoms with Gasteiger partial charge < -0.3 is 14.8 Å². The fraction of sp³-hybridized carbons (Fsp3) is 0.217. The maximum atomic E-state index is 12.8. The van der Waals surface area contributed by atoms with Crippen LogP contribution in [0, 0.1) is 13.8 Å². The van der Waals surface area contributed by atoms with Gasteiger partial charge in [0, 0.05) is 19.9 Å². The predicted molar refractivity (Wildman–Crippen MR) is 128 cm³/mol. The summed E-state index contributed by atoms with van der Waals surface area (Å²) in [5.41, 5.74) is 2.75. The first-order valence-corrected chi connectivity index (χ1v) is 11.4. The van der Waals surface area contributed by atoms with Crippen LogP contribution in [0.2, 0.25) is 5.02 Å². The Labute approximate surface area is 198 Å². The van der Waals surface area contributed by atoms with Crippen LogP contribution in [0.4, 0.5) is 5.00 Å². The standard InChI is InChI=1S/C23H21BrClNO4S/c1-12-11-17(25)9-10-18(12)30-13(2)21(27)26-22-20(23(28)29-4)19(14(3)31-22)15-5-7-16(24)8-6-15/h5-11,13H,1-4H3,(H,26,27). The molecular weight excluding hydrogens is 502 g/mol. The molecule has 162 valence electrons. The van der Waals surface area contributed by atoms with Gasteiger partial charge >= 0.3 is 5.97 Å². The van der Waals surface area contributed by atoms with Gasteiger partial charge in [0.2, 0.25) is 0 Å². The lowest BCUT2D eigenvalue weighted by Gasteiger charge is -2.16. The third-order valence-electron chi connectivity index (χ3n) is 4.65. The second-order valence-electron chi connectivity index (χ2n) is 6.89. The van der Waals surface area contributed by atoms with Crippen LogP contribution < -0.4 is 10.1 Å². The van der Waals surface area contributed by atoms with E-state index >= 15 is 0 Å². The van der Waals surface area contributed by atoms with Crippen molar-refractivity contribution in [3.63, 3.8) is 0 Å². The highest BCUT2D eigenvalue weighted by atomic mass is 79.9. The number of aryl methyl sites for hydroxylation is 2. The lowest BCUT2D eigenvalue weighted by Crippen LogP contribution is -2.30. The molecule has 1 unspecified atom stereocenters. The number of carbonyl (C=O) groups is 2. The Balaban J connectivity index is 1.89. The second-order valence-corrected chi connectivity index (χ2v) is 9.47. The van der Waals surface area contributed by atoms with Crippen molar-refractivity contribution >= 4 is 55.7 Å². The third-order valence-corrected chi connectivity index (χ3v) is 6.44. The normalized spacial score (nSPS) is 11.7. The van der Waals surface area contributed by atoms with Crippen LogP contribution in [0.15, 0.2) is 46.9 Å². The number of thiophene rings is 1. The zero-order chi connectivity index (χ0) is 22.7. The van der Waals surface area contributed by atoms with Crippen molar-refractivity contribution in [1.29, 1.82) is 0 Å². The van der Waals surface area contributed by atoms with Gasteiger partial charge in [0.1, 0.15) is 16.3 Å². The Kier molecular flexibility index (Phi) is 7.41. The van der Waals surface area contributed by atoms with E-state index in [4.69, 9.17) is 21.1 Å². The van der Waals surface area contributed by atoms with Crippen LogP contribution in [-0.2, 0) is 9.53 Å². The molecule has 3 rings (SSSR count). The average Bonchev–Trinajstić information content (AvgIpc) is 3.05. The summed E-state index contributed by atoms with van der Waals surface area (Å²) in [5.74, 6) is -0.319. The van der Waals surface area contributed by atoms with Crippen LogP contribution in [0.1, 0.15) is 27.7 Å². The molecular formula is C23H21BrClNO4S. The topological polar surface area (TPSA) is 64.6 Å². The molecule has 0 spiro atoms. The number of ether oxygens (including phenoxy) is 2. The monoisotopic (exact) mass is 521 g/mol. The van der Waals surface area contributed by atoms with E-state index in [0.717, 1.165) is 26.0 Å². The minimum Gasteiger partial charge on any atom is -0.481 e. The number of amides is 1. The molecule has 0 bridgehead atoms. The molecule has 5 nitrogen and oxygen atoms in total. The number of carbonyl (C=O) groups excluding carboxylic acids is 2. The van der Waals surface area contributed by atoms with Crippen LogP contribution in [0.5, 0.6) is 5.75 Å². The lowest BCUT2D eigenvalue weighted by atomic mass is 10.0.